The van der Waals surface area contributed by atoms with Gasteiger partial charge in [0.05, 0.1) is 22.7 Å². The van der Waals surface area contributed by atoms with E-state index in [2.05, 4.69) is 393 Å². The van der Waals surface area contributed by atoms with Crippen LogP contribution in [0.4, 0.5) is 56.9 Å². The average Bonchev–Trinajstić information content (AvgIpc) is 0.878. The molecule has 10 aliphatic rings. The van der Waals surface area contributed by atoms with Gasteiger partial charge in [0.2, 0.25) is 0 Å². The predicted octanol–water partition coefficient (Wildman–Crippen LogP) is 29.3. The van der Waals surface area contributed by atoms with Gasteiger partial charge in [-0.05, 0) is 181 Å². The van der Waals surface area contributed by atoms with Gasteiger partial charge in [0, 0.05) is 145 Å². The normalized spacial score (nSPS) is 13.8. The van der Waals surface area contributed by atoms with Crippen LogP contribution in [0.1, 0.15) is 0 Å². The van der Waals surface area contributed by atoms with E-state index in [0.717, 1.165) is 22.4 Å². The van der Waals surface area contributed by atoms with Crippen molar-refractivity contribution >= 4 is 163 Å². The topological polar surface area (TPSA) is 59.8 Å². The molecule has 0 spiro atoms. The lowest BCUT2D eigenvalue weighted by Crippen LogP contribution is -2.62. The van der Waals surface area contributed by atoms with Crippen molar-refractivity contribution in [3.05, 3.63) is 425 Å². The number of nitrogens with zero attached hydrogens (tertiary/aromatic N) is 9. The summed E-state index contributed by atoms with van der Waals surface area (Å²) in [5, 5.41) is 2.54. The van der Waals surface area contributed by atoms with Crippen molar-refractivity contribution in [2.24, 2.45) is 0 Å². The van der Waals surface area contributed by atoms with E-state index in [9.17, 15) is 0 Å². The second-order valence-electron chi connectivity index (χ2n) is 35.0. The highest BCUT2D eigenvalue weighted by Gasteiger charge is 2.54. The minimum atomic E-state index is -0.114. The van der Waals surface area contributed by atoms with Crippen LogP contribution >= 0.6 is 47.0 Å². The first-order chi connectivity index (χ1) is 66.0. The quantitative estimate of drug-likeness (QED) is 0.149. The van der Waals surface area contributed by atoms with E-state index in [1.165, 1.54) is 218 Å². The largest absolute Gasteiger partial charge is 0.422 e. The Balaban J connectivity index is 0.0000000990. The maximum Gasteiger partial charge on any atom is 0.422 e. The van der Waals surface area contributed by atoms with E-state index >= 15 is 0 Å². The summed E-state index contributed by atoms with van der Waals surface area (Å²) in [7, 11) is 0. The molecule has 21 aromatic rings. The molecule has 0 saturated carbocycles. The van der Waals surface area contributed by atoms with Crippen molar-refractivity contribution in [2.45, 2.75) is 39.2 Å². The molecule has 0 saturated heterocycles. The van der Waals surface area contributed by atoms with E-state index in [4.69, 9.17) is 15.0 Å². The Morgan fingerprint density at radius 1 is 0.188 bits per heavy atom. The molecule has 0 unspecified atom stereocenters. The van der Waals surface area contributed by atoms with Crippen LogP contribution in [0.15, 0.2) is 464 Å². The highest BCUT2D eigenvalue weighted by molar-refractivity contribution is 8.00. The third-order valence-electron chi connectivity index (χ3n) is 28.0. The van der Waals surface area contributed by atoms with Gasteiger partial charge in [-0.1, -0.05) is 362 Å². The SMILES string of the molecule is c1ccc(-c2cc3c4c(c2)-c2cccc5c2B(N4c2ccccc2S3)N2c3ccccc3Sc3cc(-c4ccccc4)cc-5c32)cc1.c1ccc(-c2nc(-c3ccccc3)nc(-c3cccc(N4B5c6c(cccc6-c6cccc7c8ccccc8n5c67)-c5ccccc54)c3)n2)cc1.c1ccc2c(c1)Sc1cccc3c1N2B1c2c-3cccc2-c2cccc3c2N1c1ccccc1S3. The van der Waals surface area contributed by atoms with Crippen LogP contribution in [-0.2, 0) is 0 Å². The van der Waals surface area contributed by atoms with Gasteiger partial charge in [0.25, 0.3) is 0 Å². The number of anilines is 10. The standard InChI is InChI=1S/C45H28BN5.C42H25BN2S2.C30H17BN2S2/c1-3-14-29(15-4-1)43-47-44(30-16-5-2-6-17-30)49-45(48-43)31-18-11-19-32(28-31)50-39-26-9-7-20-33(39)35-22-12-23-36-38-25-13-24-37-34-21-8-10-27-40(34)51(42(37)38)46(50)41(35)36;1-3-12-26(13-4-1)28-22-32-30-16-11-17-31-33-23-29(27-14-5-2-6-15-27)25-39-42(33)45(35-19-8-10-21-37(35)47-39)43(40(30)31)44-34-18-7-9-20-36(34)46-38(24-28)41(32)44;1-3-14-24-22(12-1)32-29-20(10-6-16-26(29)34-24)18-8-5-9-19-21-11-7-17-27-30(21)33(31(32)28(18)19)23-13-2-4-15-25(23)35-27/h1-28H;1-25H;1-17H. The zero-order valence-electron chi connectivity index (χ0n) is 71.3. The lowest BCUT2D eigenvalue weighted by molar-refractivity contribution is 1.07. The van der Waals surface area contributed by atoms with Crippen molar-refractivity contribution < 1.29 is 0 Å². The first-order valence-electron chi connectivity index (χ1n) is 45.3. The Hall–Kier alpha value is -15.4. The lowest BCUT2D eigenvalue weighted by atomic mass is 9.53. The van der Waals surface area contributed by atoms with E-state index in [1.807, 2.05) is 108 Å². The Bertz CT molecular complexity index is 8230. The fourth-order valence-corrected chi connectivity index (χ4v) is 27.1. The van der Waals surface area contributed by atoms with E-state index in [-0.39, 0.29) is 20.9 Å². The second kappa shape index (κ2) is 29.5. The summed E-state index contributed by atoms with van der Waals surface area (Å²) in [6.07, 6.45) is 0. The number of hydrogen-bond donors (Lipinski definition) is 0. The van der Waals surface area contributed by atoms with Crippen LogP contribution in [-0.4, -0.2) is 40.4 Å². The molecule has 10 aliphatic heterocycles. The molecule has 0 radical (unpaired) electrons. The Labute approximate surface area is 787 Å². The molecule has 0 N–H and O–H groups in total. The molecular formula is C117H70B3N9S4. The summed E-state index contributed by atoms with van der Waals surface area (Å²) in [6, 6.07) is 155. The highest BCUT2D eigenvalue weighted by Crippen LogP contribution is 2.64. The van der Waals surface area contributed by atoms with Crippen LogP contribution in [0.3, 0.4) is 0 Å². The molecule has 2 aromatic heterocycles. The van der Waals surface area contributed by atoms with Gasteiger partial charge in [0.15, 0.2) is 17.5 Å². The Morgan fingerprint density at radius 3 is 0.992 bits per heavy atom. The molecule has 16 heteroatoms. The zero-order valence-corrected chi connectivity index (χ0v) is 74.6. The second-order valence-corrected chi connectivity index (χ2v) is 39.4. The third-order valence-corrected chi connectivity index (χ3v) is 32.4. The molecule has 19 aromatic carbocycles. The summed E-state index contributed by atoms with van der Waals surface area (Å²) < 4.78 is 2.57. The van der Waals surface area contributed by atoms with Gasteiger partial charge in [-0.2, -0.15) is 0 Å². The van der Waals surface area contributed by atoms with Crippen LogP contribution in [0.2, 0.25) is 0 Å². The number of para-hydroxylation sites is 9. The van der Waals surface area contributed by atoms with Gasteiger partial charge >= 0.3 is 20.9 Å². The van der Waals surface area contributed by atoms with Crippen molar-refractivity contribution in [1.82, 2.24) is 19.4 Å². The minimum Gasteiger partial charge on any atom is -0.361 e. The molecule has 0 bridgehead atoms. The number of hydrogen-bond acceptors (Lipinski definition) is 12. The third kappa shape index (κ3) is 11.3. The van der Waals surface area contributed by atoms with Crippen molar-refractivity contribution in [3.8, 4) is 123 Å². The summed E-state index contributed by atoms with van der Waals surface area (Å²) in [6.45, 7) is -0.0997. The summed E-state index contributed by atoms with van der Waals surface area (Å²) in [5.41, 5.74) is 42.8. The molecular weight excluding hydrogens is 1690 g/mol. The van der Waals surface area contributed by atoms with Crippen molar-refractivity contribution in [1.29, 1.82) is 0 Å². The summed E-state index contributed by atoms with van der Waals surface area (Å²) >= 11 is 7.58. The number of rotatable bonds is 6. The molecule has 0 atom stereocenters. The zero-order chi connectivity index (χ0) is 86.8. The number of aromatic nitrogens is 4. The van der Waals surface area contributed by atoms with Gasteiger partial charge in [0.1, 0.15) is 0 Å². The molecule has 616 valence electrons. The summed E-state index contributed by atoms with van der Waals surface area (Å²) in [5.74, 6) is 1.94. The molecule has 133 heavy (non-hydrogen) atoms. The summed E-state index contributed by atoms with van der Waals surface area (Å²) in [4.78, 5) is 38.7. The van der Waals surface area contributed by atoms with Crippen molar-refractivity contribution in [2.75, 3.05) is 24.1 Å². The molecule has 0 fully saturated rings. The minimum absolute atomic E-state index is 0.0343. The highest BCUT2D eigenvalue weighted by atomic mass is 32.2. The first kappa shape index (κ1) is 75.4. The van der Waals surface area contributed by atoms with Crippen LogP contribution in [0.25, 0.3) is 145 Å². The maximum atomic E-state index is 5.08. The molecule has 31 rings (SSSR count). The van der Waals surface area contributed by atoms with Gasteiger partial charge in [-0.25, -0.2) is 15.0 Å². The van der Waals surface area contributed by atoms with Crippen LogP contribution < -0.4 is 40.4 Å². The lowest BCUT2D eigenvalue weighted by Gasteiger charge is -2.51. The van der Waals surface area contributed by atoms with Crippen molar-refractivity contribution in [3.63, 3.8) is 0 Å². The van der Waals surface area contributed by atoms with Crippen LogP contribution in [0, 0.1) is 0 Å². The molecule has 12 heterocycles. The Morgan fingerprint density at radius 2 is 0.504 bits per heavy atom. The average molecular weight is 1760 g/mol. The van der Waals surface area contributed by atoms with E-state index in [1.54, 1.807) is 0 Å². The van der Waals surface area contributed by atoms with Crippen LogP contribution in [0.5, 0.6) is 0 Å². The number of benzene rings is 19. The van der Waals surface area contributed by atoms with Gasteiger partial charge in [-0.3, -0.25) is 0 Å². The van der Waals surface area contributed by atoms with E-state index < -0.39 is 0 Å². The predicted molar refractivity (Wildman–Crippen MR) is 556 cm³/mol. The molecule has 0 aliphatic carbocycles. The fourth-order valence-electron chi connectivity index (χ4n) is 22.6. The first-order valence-corrected chi connectivity index (χ1v) is 48.5. The Kier molecular flexibility index (Phi) is 16.8. The van der Waals surface area contributed by atoms with Gasteiger partial charge in [-0.15, -0.1) is 0 Å². The fraction of sp³-hybridized carbons (Fsp3) is 0. The van der Waals surface area contributed by atoms with Gasteiger partial charge < -0.3 is 28.5 Å². The monoisotopic (exact) mass is 1760 g/mol. The maximum absolute atomic E-state index is 5.08. The number of fused-ring (bicyclic) bond motifs is 23. The molecule has 0 amide bonds. The molecule has 9 nitrogen and oxygen atoms in total. The van der Waals surface area contributed by atoms with E-state index in [0.29, 0.717) is 17.5 Å². The smallest absolute Gasteiger partial charge is 0.361 e.